The maximum absolute atomic E-state index is 6.67. The van der Waals surface area contributed by atoms with Crippen LogP contribution in [0, 0.1) is 0 Å². The van der Waals surface area contributed by atoms with Crippen LogP contribution in [0.15, 0.2) is 30.3 Å². The minimum Gasteiger partial charge on any atom is -0.322 e. The van der Waals surface area contributed by atoms with Crippen molar-refractivity contribution in [3.63, 3.8) is 0 Å². The summed E-state index contributed by atoms with van der Waals surface area (Å²) in [5.74, 6) is 0. The van der Waals surface area contributed by atoms with Crippen molar-refractivity contribution in [2.75, 3.05) is 7.05 Å². The molecule has 3 atom stereocenters. The molecule has 0 aromatic heterocycles. The average molecular weight is 355 g/mol. The third-order valence-corrected chi connectivity index (χ3v) is 16.9. The van der Waals surface area contributed by atoms with E-state index in [9.17, 15) is 0 Å². The summed E-state index contributed by atoms with van der Waals surface area (Å²) in [6.07, 6.45) is 0.188. The molecule has 1 saturated heterocycles. The fraction of sp³-hybridized carbons (Fsp3) is 0.625. The van der Waals surface area contributed by atoms with E-state index in [1.807, 2.05) is 0 Å². The first kappa shape index (κ1) is 18.3. The molecular formula is C16H31N2OPSi2. The number of benzene rings is 1. The Hall–Kier alpha value is -0.0362. The smallest absolute Gasteiger partial charge is 0.174 e. The predicted molar refractivity (Wildman–Crippen MR) is 103 cm³/mol. The Balaban J connectivity index is 2.33. The van der Waals surface area contributed by atoms with E-state index < -0.39 is 24.9 Å². The molecule has 0 spiro atoms. The Morgan fingerprint density at radius 3 is 1.95 bits per heavy atom. The van der Waals surface area contributed by atoms with E-state index in [1.165, 1.54) is 5.56 Å². The normalized spacial score (nSPS) is 27.6. The molecule has 2 rings (SSSR count). The molecule has 22 heavy (non-hydrogen) atoms. The van der Waals surface area contributed by atoms with E-state index in [1.54, 1.807) is 0 Å². The van der Waals surface area contributed by atoms with Crippen molar-refractivity contribution in [2.45, 2.75) is 58.4 Å². The molecule has 0 N–H and O–H groups in total. The Labute approximate surface area is 139 Å². The maximum atomic E-state index is 6.67. The molecule has 3 nitrogen and oxygen atoms in total. The van der Waals surface area contributed by atoms with Gasteiger partial charge in [0.15, 0.2) is 8.45 Å². The molecule has 1 fully saturated rings. The molecule has 0 bridgehead atoms. The molecule has 0 amide bonds. The first-order valence-electron chi connectivity index (χ1n) is 8.08. The summed E-state index contributed by atoms with van der Waals surface area (Å²) in [6.45, 7) is 17.0. The highest BCUT2D eigenvalue weighted by Gasteiger charge is 2.49. The van der Waals surface area contributed by atoms with E-state index >= 15 is 0 Å². The lowest BCUT2D eigenvalue weighted by Crippen LogP contribution is -2.56. The quantitative estimate of drug-likeness (QED) is 0.540. The second kappa shape index (κ2) is 6.46. The summed E-state index contributed by atoms with van der Waals surface area (Å²) in [7, 11) is -1.28. The maximum Gasteiger partial charge on any atom is 0.174 e. The highest BCUT2D eigenvalue weighted by atomic mass is 31.2. The van der Waals surface area contributed by atoms with E-state index in [-0.39, 0.29) is 6.10 Å². The Morgan fingerprint density at radius 1 is 1.00 bits per heavy atom. The number of nitrogens with zero attached hydrogens (tertiary/aromatic N) is 2. The topological polar surface area (TPSA) is 15.7 Å². The van der Waals surface area contributed by atoms with Crippen LogP contribution in [0.4, 0.5) is 0 Å². The van der Waals surface area contributed by atoms with Crippen LogP contribution in [0.1, 0.15) is 18.6 Å². The van der Waals surface area contributed by atoms with Gasteiger partial charge in [0.05, 0.1) is 0 Å². The Morgan fingerprint density at radius 2 is 1.50 bits per heavy atom. The van der Waals surface area contributed by atoms with Crippen molar-refractivity contribution in [2.24, 2.45) is 0 Å². The number of hydrogen-bond acceptors (Lipinski definition) is 3. The van der Waals surface area contributed by atoms with Crippen molar-refractivity contribution in [1.82, 2.24) is 8.67 Å². The first-order valence-corrected chi connectivity index (χ1v) is 16.1. The minimum atomic E-state index is -1.43. The zero-order valence-electron chi connectivity index (χ0n) is 15.3. The lowest BCUT2D eigenvalue weighted by atomic mass is 10.0. The van der Waals surface area contributed by atoms with Gasteiger partial charge in [-0.05, 0) is 19.5 Å². The van der Waals surface area contributed by atoms with E-state index in [2.05, 4.69) is 92.3 Å². The summed E-state index contributed by atoms with van der Waals surface area (Å²) < 4.78 is 12.0. The molecule has 1 aromatic carbocycles. The van der Waals surface area contributed by atoms with Gasteiger partial charge in [-0.25, -0.2) is 4.67 Å². The van der Waals surface area contributed by atoms with Gasteiger partial charge in [0.1, 0.15) is 22.6 Å². The van der Waals surface area contributed by atoms with Gasteiger partial charge in [0.25, 0.3) is 0 Å². The molecule has 0 saturated carbocycles. The van der Waals surface area contributed by atoms with Gasteiger partial charge in [0, 0.05) is 6.04 Å². The highest BCUT2D eigenvalue weighted by molar-refractivity contribution is 7.53. The second-order valence-corrected chi connectivity index (χ2v) is 20.7. The van der Waals surface area contributed by atoms with Crippen LogP contribution in [-0.2, 0) is 4.52 Å². The molecule has 1 aromatic rings. The van der Waals surface area contributed by atoms with Gasteiger partial charge < -0.3 is 4.52 Å². The molecule has 0 radical (unpaired) electrons. The highest BCUT2D eigenvalue weighted by Crippen LogP contribution is 2.60. The molecule has 0 aliphatic carbocycles. The summed E-state index contributed by atoms with van der Waals surface area (Å²) in [6, 6.07) is 11.1. The summed E-state index contributed by atoms with van der Waals surface area (Å²) in [5, 5.41) is 0. The summed E-state index contributed by atoms with van der Waals surface area (Å²) in [4.78, 5) is 0. The zero-order valence-corrected chi connectivity index (χ0v) is 18.2. The Bertz CT molecular complexity index is 487. The molecule has 1 aliphatic rings. The molecule has 1 heterocycles. The van der Waals surface area contributed by atoms with Gasteiger partial charge in [-0.3, -0.25) is 4.00 Å². The van der Waals surface area contributed by atoms with Crippen LogP contribution < -0.4 is 0 Å². The van der Waals surface area contributed by atoms with Gasteiger partial charge in [-0.15, -0.1) is 0 Å². The SMILES string of the molecule is C[C@H]1[C@@H](c2ccccc2)OP(N([Si](C)(C)C)[Si](C)(C)C)N1C. The van der Waals surface area contributed by atoms with Gasteiger partial charge in [0.2, 0.25) is 0 Å². The largest absolute Gasteiger partial charge is 0.322 e. The summed E-state index contributed by atoms with van der Waals surface area (Å²) in [5.41, 5.74) is 1.30. The molecule has 1 aliphatic heterocycles. The van der Waals surface area contributed by atoms with E-state index in [0.717, 1.165) is 0 Å². The molecule has 1 unspecified atom stereocenters. The van der Waals surface area contributed by atoms with E-state index in [4.69, 9.17) is 4.52 Å². The van der Waals surface area contributed by atoms with Crippen molar-refractivity contribution in [3.8, 4) is 0 Å². The lowest BCUT2D eigenvalue weighted by Gasteiger charge is -2.47. The number of likely N-dealkylation sites (N-methyl/N-ethyl adjacent to an activating group) is 1. The monoisotopic (exact) mass is 354 g/mol. The van der Waals surface area contributed by atoms with Crippen LogP contribution in [-0.4, -0.2) is 38.2 Å². The van der Waals surface area contributed by atoms with Crippen molar-refractivity contribution >= 4 is 24.9 Å². The van der Waals surface area contributed by atoms with Crippen LogP contribution in [0.5, 0.6) is 0 Å². The lowest BCUT2D eigenvalue weighted by molar-refractivity contribution is 0.215. The summed E-state index contributed by atoms with van der Waals surface area (Å²) >= 11 is 0. The molecular weight excluding hydrogens is 323 g/mol. The molecule has 124 valence electrons. The van der Waals surface area contributed by atoms with Crippen LogP contribution >= 0.6 is 8.45 Å². The minimum absolute atomic E-state index is 0.188. The predicted octanol–water partition coefficient (Wildman–Crippen LogP) is 5.28. The van der Waals surface area contributed by atoms with Gasteiger partial charge >= 0.3 is 0 Å². The fourth-order valence-electron chi connectivity index (χ4n) is 3.31. The average Bonchev–Trinajstić information content (AvgIpc) is 2.65. The van der Waals surface area contributed by atoms with Crippen LogP contribution in [0.3, 0.4) is 0 Å². The van der Waals surface area contributed by atoms with Gasteiger partial charge in [-0.1, -0.05) is 69.6 Å². The van der Waals surface area contributed by atoms with Crippen molar-refractivity contribution < 1.29 is 4.52 Å². The number of hydrogen-bond donors (Lipinski definition) is 0. The Kier molecular flexibility index (Phi) is 5.37. The zero-order chi connectivity index (χ0) is 16.7. The standard InChI is InChI=1S/C16H31N2OPSi2/c1-14-16(15-12-10-9-11-13-15)19-20(17(14)2)18(21(3,4)5)22(6,7)8/h9-14,16H,1-8H3/t14-,16-,20?/m0/s1. The fourth-order valence-corrected chi connectivity index (χ4v) is 18.0. The number of rotatable bonds is 4. The third kappa shape index (κ3) is 3.71. The third-order valence-electron chi connectivity index (χ3n) is 4.08. The van der Waals surface area contributed by atoms with Crippen molar-refractivity contribution in [3.05, 3.63) is 35.9 Å². The van der Waals surface area contributed by atoms with Crippen LogP contribution in [0.25, 0.3) is 0 Å². The van der Waals surface area contributed by atoms with E-state index in [0.29, 0.717) is 6.04 Å². The first-order chi connectivity index (χ1) is 10.0. The van der Waals surface area contributed by atoms with Crippen molar-refractivity contribution in [1.29, 1.82) is 0 Å². The van der Waals surface area contributed by atoms with Gasteiger partial charge in [-0.2, -0.15) is 0 Å². The second-order valence-electron chi connectivity index (χ2n) is 8.16. The molecule has 6 heteroatoms. The van der Waals surface area contributed by atoms with Crippen LogP contribution in [0.2, 0.25) is 39.3 Å².